The standard InChI is InChI=1S/C40H43N5O7/c41-34(46)25-32(43-40(51)52-26-28-16-7-2-8-17-28)37(48)42-31(24-27-14-5-1-6-15-27)36(47)39(50)45-23-13-22-33(45)38(49)44-35(29-18-9-3-10-19-29)30-20-11-4-12-21-30/h1-12,14-21,31-33,35-36,47H,13,22-26H2,(H2,41,46)(H,42,48)(H,43,51)(H,44,49)/t31-,32-,33-,36?/m0/s1. The molecule has 0 bridgehead atoms. The molecule has 5 amide bonds. The molecule has 0 saturated carbocycles. The SMILES string of the molecule is NC(=O)C[C@H](NC(=O)OCc1ccccc1)C(=O)N[C@@H](Cc1ccccc1)C(O)C(=O)N1CCC[C@H]1C(=O)NC(c1ccccc1)c1ccccc1. The number of aliphatic hydroxyl groups excluding tert-OH is 1. The summed E-state index contributed by atoms with van der Waals surface area (Å²) in [5.74, 6) is -2.84. The highest BCUT2D eigenvalue weighted by atomic mass is 16.5. The number of benzene rings is 4. The Morgan fingerprint density at radius 1 is 0.750 bits per heavy atom. The molecule has 1 fully saturated rings. The Balaban J connectivity index is 1.31. The van der Waals surface area contributed by atoms with Gasteiger partial charge < -0.3 is 36.4 Å². The Morgan fingerprint density at radius 2 is 1.29 bits per heavy atom. The zero-order valence-corrected chi connectivity index (χ0v) is 28.6. The summed E-state index contributed by atoms with van der Waals surface area (Å²) >= 11 is 0. The number of hydrogen-bond acceptors (Lipinski definition) is 7. The van der Waals surface area contributed by atoms with Crippen molar-refractivity contribution >= 4 is 29.7 Å². The highest BCUT2D eigenvalue weighted by molar-refractivity contribution is 5.93. The number of primary amides is 1. The number of ether oxygens (including phenoxy) is 1. The van der Waals surface area contributed by atoms with Crippen LogP contribution in [0, 0.1) is 0 Å². The average molecular weight is 706 g/mol. The highest BCUT2D eigenvalue weighted by Crippen LogP contribution is 2.25. The molecule has 270 valence electrons. The molecule has 6 N–H and O–H groups in total. The van der Waals surface area contributed by atoms with E-state index in [9.17, 15) is 29.1 Å². The van der Waals surface area contributed by atoms with E-state index in [1.807, 2.05) is 66.7 Å². The lowest BCUT2D eigenvalue weighted by Gasteiger charge is -2.32. The topological polar surface area (TPSA) is 180 Å². The molecular formula is C40H43N5O7. The molecule has 5 rings (SSSR count). The van der Waals surface area contributed by atoms with Crippen molar-refractivity contribution in [3.05, 3.63) is 144 Å². The smallest absolute Gasteiger partial charge is 0.408 e. The molecule has 1 unspecified atom stereocenters. The van der Waals surface area contributed by atoms with Crippen LogP contribution in [0.3, 0.4) is 0 Å². The lowest BCUT2D eigenvalue weighted by atomic mass is 9.97. The first-order valence-corrected chi connectivity index (χ1v) is 17.2. The summed E-state index contributed by atoms with van der Waals surface area (Å²) in [6.07, 6.45) is -2.37. The Kier molecular flexibility index (Phi) is 13.1. The molecule has 0 radical (unpaired) electrons. The molecule has 1 aliphatic rings. The lowest BCUT2D eigenvalue weighted by molar-refractivity contribution is -0.147. The minimum Gasteiger partial charge on any atom is -0.445 e. The Morgan fingerprint density at radius 3 is 1.85 bits per heavy atom. The van der Waals surface area contributed by atoms with Gasteiger partial charge in [0.05, 0.1) is 18.5 Å². The van der Waals surface area contributed by atoms with Gasteiger partial charge in [-0.25, -0.2) is 4.79 Å². The number of likely N-dealkylation sites (tertiary alicyclic amines) is 1. The van der Waals surface area contributed by atoms with Crippen LogP contribution in [0.4, 0.5) is 4.79 Å². The normalized spacial score (nSPS) is 15.6. The average Bonchev–Trinajstić information content (AvgIpc) is 3.67. The number of amides is 5. The Bertz CT molecular complexity index is 1760. The van der Waals surface area contributed by atoms with E-state index >= 15 is 0 Å². The van der Waals surface area contributed by atoms with Crippen LogP contribution in [-0.2, 0) is 36.9 Å². The maximum atomic E-state index is 14.0. The van der Waals surface area contributed by atoms with Gasteiger partial charge in [0.15, 0.2) is 6.10 Å². The van der Waals surface area contributed by atoms with Gasteiger partial charge in [-0.15, -0.1) is 0 Å². The number of rotatable bonds is 15. The number of nitrogens with two attached hydrogens (primary N) is 1. The van der Waals surface area contributed by atoms with Crippen LogP contribution in [0.5, 0.6) is 0 Å². The van der Waals surface area contributed by atoms with Gasteiger partial charge in [-0.05, 0) is 41.5 Å². The fraction of sp³-hybridized carbons (Fsp3) is 0.275. The Hall–Kier alpha value is -6.01. The van der Waals surface area contributed by atoms with E-state index in [0.717, 1.165) is 11.1 Å². The van der Waals surface area contributed by atoms with Crippen LogP contribution < -0.4 is 21.7 Å². The molecule has 4 aromatic rings. The highest BCUT2D eigenvalue weighted by Gasteiger charge is 2.41. The predicted molar refractivity (Wildman–Crippen MR) is 193 cm³/mol. The first-order chi connectivity index (χ1) is 25.2. The van der Waals surface area contributed by atoms with Gasteiger partial charge in [0.2, 0.25) is 17.7 Å². The number of hydrogen-bond donors (Lipinski definition) is 5. The van der Waals surface area contributed by atoms with Crippen molar-refractivity contribution in [1.29, 1.82) is 0 Å². The van der Waals surface area contributed by atoms with Crippen LogP contribution in [0.2, 0.25) is 0 Å². The summed E-state index contributed by atoms with van der Waals surface area (Å²) in [6.45, 7) is 0.143. The second kappa shape index (κ2) is 18.3. The Labute approximate surface area is 302 Å². The molecule has 52 heavy (non-hydrogen) atoms. The monoisotopic (exact) mass is 705 g/mol. The van der Waals surface area contributed by atoms with Gasteiger partial charge in [-0.1, -0.05) is 121 Å². The molecule has 0 aromatic heterocycles. The predicted octanol–water partition coefficient (Wildman–Crippen LogP) is 3.14. The summed E-state index contributed by atoms with van der Waals surface area (Å²) in [5.41, 5.74) is 8.56. The number of nitrogens with zero attached hydrogens (tertiary/aromatic N) is 1. The van der Waals surface area contributed by atoms with E-state index in [0.29, 0.717) is 24.0 Å². The molecule has 12 nitrogen and oxygen atoms in total. The summed E-state index contributed by atoms with van der Waals surface area (Å²) < 4.78 is 5.23. The summed E-state index contributed by atoms with van der Waals surface area (Å²) in [5, 5.41) is 19.7. The second-order valence-corrected chi connectivity index (χ2v) is 12.6. The van der Waals surface area contributed by atoms with Crippen molar-refractivity contribution < 1.29 is 33.8 Å². The minimum atomic E-state index is -1.78. The van der Waals surface area contributed by atoms with Gasteiger partial charge in [0.25, 0.3) is 5.91 Å². The molecule has 0 spiro atoms. The summed E-state index contributed by atoms with van der Waals surface area (Å²) in [7, 11) is 0. The number of aliphatic hydroxyl groups is 1. The quantitative estimate of drug-likeness (QED) is 0.126. The molecular weight excluding hydrogens is 662 g/mol. The molecule has 4 atom stereocenters. The number of carbonyl (C=O) groups excluding carboxylic acids is 5. The first kappa shape index (κ1) is 37.3. The van der Waals surface area contributed by atoms with Gasteiger partial charge >= 0.3 is 6.09 Å². The van der Waals surface area contributed by atoms with E-state index in [1.54, 1.807) is 54.6 Å². The van der Waals surface area contributed by atoms with E-state index in [2.05, 4.69) is 16.0 Å². The van der Waals surface area contributed by atoms with Crippen LogP contribution in [0.15, 0.2) is 121 Å². The third kappa shape index (κ3) is 10.3. The van der Waals surface area contributed by atoms with Crippen LogP contribution >= 0.6 is 0 Å². The van der Waals surface area contributed by atoms with E-state index in [4.69, 9.17) is 10.5 Å². The fourth-order valence-electron chi connectivity index (χ4n) is 6.24. The van der Waals surface area contributed by atoms with Crippen molar-refractivity contribution in [1.82, 2.24) is 20.9 Å². The third-order valence-electron chi connectivity index (χ3n) is 8.88. The molecule has 1 heterocycles. The number of alkyl carbamates (subject to hydrolysis) is 1. The van der Waals surface area contributed by atoms with Gasteiger partial charge in [-0.2, -0.15) is 0 Å². The van der Waals surface area contributed by atoms with E-state index in [1.165, 1.54) is 4.90 Å². The molecule has 4 aromatic carbocycles. The van der Waals surface area contributed by atoms with Gasteiger partial charge in [-0.3, -0.25) is 19.2 Å². The van der Waals surface area contributed by atoms with Crippen molar-refractivity contribution in [2.45, 2.75) is 62.6 Å². The summed E-state index contributed by atoms with van der Waals surface area (Å²) in [6, 6.07) is 32.8. The van der Waals surface area contributed by atoms with E-state index in [-0.39, 0.29) is 25.5 Å². The van der Waals surface area contributed by atoms with Crippen LogP contribution in [0.1, 0.15) is 47.6 Å². The largest absolute Gasteiger partial charge is 0.445 e. The number of nitrogens with one attached hydrogen (secondary N) is 3. The number of carbonyl (C=O) groups is 5. The van der Waals surface area contributed by atoms with E-state index < -0.39 is 60.5 Å². The molecule has 1 aliphatic heterocycles. The maximum Gasteiger partial charge on any atom is 0.408 e. The first-order valence-electron chi connectivity index (χ1n) is 17.2. The van der Waals surface area contributed by atoms with Crippen molar-refractivity contribution in [2.24, 2.45) is 5.73 Å². The fourth-order valence-corrected chi connectivity index (χ4v) is 6.24. The maximum absolute atomic E-state index is 14.0. The summed E-state index contributed by atoms with van der Waals surface area (Å²) in [4.78, 5) is 67.4. The molecule has 12 heteroatoms. The zero-order chi connectivity index (χ0) is 36.9. The molecule has 1 saturated heterocycles. The van der Waals surface area contributed by atoms with Crippen LogP contribution in [-0.4, -0.2) is 70.5 Å². The lowest BCUT2D eigenvalue weighted by Crippen LogP contribution is -2.58. The molecule has 0 aliphatic carbocycles. The van der Waals surface area contributed by atoms with Crippen molar-refractivity contribution in [3.8, 4) is 0 Å². The second-order valence-electron chi connectivity index (χ2n) is 12.6. The third-order valence-corrected chi connectivity index (χ3v) is 8.88. The van der Waals surface area contributed by atoms with Crippen molar-refractivity contribution in [2.75, 3.05) is 6.54 Å². The van der Waals surface area contributed by atoms with Crippen molar-refractivity contribution in [3.63, 3.8) is 0 Å². The van der Waals surface area contributed by atoms with Gasteiger partial charge in [0, 0.05) is 6.54 Å². The van der Waals surface area contributed by atoms with Gasteiger partial charge in [0.1, 0.15) is 18.7 Å². The van der Waals surface area contributed by atoms with Crippen LogP contribution in [0.25, 0.3) is 0 Å². The zero-order valence-electron chi connectivity index (χ0n) is 28.6. The minimum absolute atomic E-state index is 0.0238.